The zero-order chi connectivity index (χ0) is 16.4. The van der Waals surface area contributed by atoms with Gasteiger partial charge in [-0.1, -0.05) is 6.07 Å². The van der Waals surface area contributed by atoms with Gasteiger partial charge in [0.15, 0.2) is 0 Å². The van der Waals surface area contributed by atoms with E-state index in [9.17, 15) is 14.7 Å². The molecule has 0 spiro atoms. The quantitative estimate of drug-likeness (QED) is 0.894. The monoisotopic (exact) mass is 352 g/mol. The number of hydrogen-bond donors (Lipinski definition) is 1. The molecular weight excluding hydrogens is 336 g/mol. The van der Waals surface area contributed by atoms with Crippen LogP contribution in [0.15, 0.2) is 22.9 Å². The van der Waals surface area contributed by atoms with E-state index >= 15 is 0 Å². The number of amides is 1. The van der Waals surface area contributed by atoms with Crippen molar-refractivity contribution in [1.29, 1.82) is 0 Å². The standard InChI is InChI=1S/C15H16N2O4S2/c1-21-9-15(14(19)20)4-5-17(8-15)13(18)10-7-23-12(16-10)11-3-2-6-22-11/h2-3,6-7H,4-5,8-9H2,1H3,(H,19,20). The smallest absolute Gasteiger partial charge is 0.313 e. The van der Waals surface area contributed by atoms with E-state index in [1.165, 1.54) is 18.4 Å². The second kappa shape index (κ2) is 6.38. The lowest BCUT2D eigenvalue weighted by molar-refractivity contribution is -0.151. The van der Waals surface area contributed by atoms with E-state index in [4.69, 9.17) is 4.74 Å². The number of thiazole rings is 1. The van der Waals surface area contributed by atoms with Gasteiger partial charge in [0.2, 0.25) is 0 Å². The fourth-order valence-electron chi connectivity index (χ4n) is 2.72. The summed E-state index contributed by atoms with van der Waals surface area (Å²) in [5.41, 5.74) is -0.645. The summed E-state index contributed by atoms with van der Waals surface area (Å²) < 4.78 is 5.05. The summed E-state index contributed by atoms with van der Waals surface area (Å²) in [5.74, 6) is -1.14. The molecule has 1 aliphatic heterocycles. The Kier molecular flexibility index (Phi) is 4.47. The van der Waals surface area contributed by atoms with Gasteiger partial charge in [-0.05, 0) is 17.9 Å². The van der Waals surface area contributed by atoms with Crippen molar-refractivity contribution in [3.05, 3.63) is 28.6 Å². The summed E-state index contributed by atoms with van der Waals surface area (Å²) in [6, 6.07) is 3.90. The Bertz CT molecular complexity index is 713. The van der Waals surface area contributed by atoms with Gasteiger partial charge in [0.25, 0.3) is 5.91 Å². The lowest BCUT2D eigenvalue weighted by atomic mass is 9.88. The number of aliphatic carboxylic acids is 1. The molecule has 0 aromatic carbocycles. The maximum Gasteiger partial charge on any atom is 0.313 e. The number of hydrogen-bond acceptors (Lipinski definition) is 6. The van der Waals surface area contributed by atoms with Crippen LogP contribution in [-0.2, 0) is 9.53 Å². The molecule has 23 heavy (non-hydrogen) atoms. The summed E-state index contributed by atoms with van der Waals surface area (Å²) in [6.07, 6.45) is 0.393. The Hall–Kier alpha value is -1.77. The van der Waals surface area contributed by atoms with Gasteiger partial charge in [-0.3, -0.25) is 9.59 Å². The number of ether oxygens (including phenoxy) is 1. The second-order valence-corrected chi connectivity index (χ2v) is 7.32. The van der Waals surface area contributed by atoms with Crippen molar-refractivity contribution >= 4 is 34.6 Å². The Morgan fingerprint density at radius 2 is 2.30 bits per heavy atom. The number of methoxy groups -OCH3 is 1. The summed E-state index contributed by atoms with van der Waals surface area (Å²) in [5, 5.41) is 14.0. The van der Waals surface area contributed by atoms with Crippen LogP contribution in [-0.4, -0.2) is 53.7 Å². The fraction of sp³-hybridized carbons (Fsp3) is 0.400. The third-order valence-corrected chi connectivity index (χ3v) is 5.85. The summed E-state index contributed by atoms with van der Waals surface area (Å²) in [4.78, 5) is 31.1. The van der Waals surface area contributed by atoms with E-state index in [1.54, 1.807) is 21.6 Å². The Balaban J connectivity index is 1.76. The van der Waals surface area contributed by atoms with Gasteiger partial charge in [-0.25, -0.2) is 4.98 Å². The van der Waals surface area contributed by atoms with Gasteiger partial charge < -0.3 is 14.7 Å². The topological polar surface area (TPSA) is 79.7 Å². The van der Waals surface area contributed by atoms with Gasteiger partial charge in [0.1, 0.15) is 16.1 Å². The Labute approximate surface area is 141 Å². The molecule has 1 unspecified atom stereocenters. The van der Waals surface area contributed by atoms with E-state index < -0.39 is 11.4 Å². The lowest BCUT2D eigenvalue weighted by Crippen LogP contribution is -2.40. The molecule has 122 valence electrons. The molecule has 1 aliphatic rings. The van der Waals surface area contributed by atoms with E-state index in [0.717, 1.165) is 9.88 Å². The maximum absolute atomic E-state index is 12.6. The first-order valence-corrected chi connectivity index (χ1v) is 8.83. The summed E-state index contributed by atoms with van der Waals surface area (Å²) >= 11 is 2.99. The number of carbonyl (C=O) groups is 2. The highest BCUT2D eigenvalue weighted by Crippen LogP contribution is 2.33. The van der Waals surface area contributed by atoms with Crippen LogP contribution in [0.5, 0.6) is 0 Å². The van der Waals surface area contributed by atoms with Crippen LogP contribution in [0.3, 0.4) is 0 Å². The van der Waals surface area contributed by atoms with Crippen molar-refractivity contribution in [2.75, 3.05) is 26.8 Å². The number of carboxylic acids is 1. The average molecular weight is 352 g/mol. The molecule has 0 radical (unpaired) electrons. The molecule has 3 rings (SSSR count). The second-order valence-electron chi connectivity index (χ2n) is 5.51. The van der Waals surface area contributed by atoms with Crippen molar-refractivity contribution < 1.29 is 19.4 Å². The van der Waals surface area contributed by atoms with E-state index in [1.807, 2.05) is 17.5 Å². The fourth-order valence-corrected chi connectivity index (χ4v) is 4.33. The van der Waals surface area contributed by atoms with Gasteiger partial charge >= 0.3 is 5.97 Å². The molecule has 0 aliphatic carbocycles. The molecule has 1 atom stereocenters. The Morgan fingerprint density at radius 1 is 1.48 bits per heavy atom. The molecule has 1 fully saturated rings. The highest BCUT2D eigenvalue weighted by Gasteiger charge is 2.46. The predicted octanol–water partition coefficient (Wildman–Crippen LogP) is 2.43. The van der Waals surface area contributed by atoms with Crippen LogP contribution in [0.4, 0.5) is 0 Å². The molecule has 1 saturated heterocycles. The van der Waals surface area contributed by atoms with E-state index in [-0.39, 0.29) is 19.1 Å². The largest absolute Gasteiger partial charge is 0.481 e. The van der Waals surface area contributed by atoms with Gasteiger partial charge in [0, 0.05) is 25.6 Å². The number of rotatable bonds is 5. The third-order valence-electron chi connectivity index (χ3n) is 3.97. The van der Waals surface area contributed by atoms with Crippen molar-refractivity contribution in [3.8, 4) is 9.88 Å². The minimum atomic E-state index is -1.02. The first-order chi connectivity index (χ1) is 11.1. The summed E-state index contributed by atoms with van der Waals surface area (Å²) in [7, 11) is 1.48. The minimum absolute atomic E-state index is 0.101. The molecule has 3 heterocycles. The van der Waals surface area contributed by atoms with E-state index in [0.29, 0.717) is 18.7 Å². The van der Waals surface area contributed by atoms with Gasteiger partial charge in [-0.2, -0.15) is 0 Å². The molecule has 0 saturated carbocycles. The van der Waals surface area contributed by atoms with Crippen LogP contribution in [0.25, 0.3) is 9.88 Å². The number of nitrogens with zero attached hydrogens (tertiary/aromatic N) is 2. The van der Waals surface area contributed by atoms with Crippen molar-refractivity contribution in [3.63, 3.8) is 0 Å². The lowest BCUT2D eigenvalue weighted by Gasteiger charge is -2.23. The van der Waals surface area contributed by atoms with Crippen LogP contribution in [0.2, 0.25) is 0 Å². The molecule has 8 heteroatoms. The predicted molar refractivity (Wildman–Crippen MR) is 87.9 cm³/mol. The number of carboxylic acid groups (broad SMARTS) is 1. The highest BCUT2D eigenvalue weighted by atomic mass is 32.1. The molecule has 1 N–H and O–H groups in total. The normalized spacial score (nSPS) is 20.8. The maximum atomic E-state index is 12.6. The summed E-state index contributed by atoms with van der Waals surface area (Å²) in [6.45, 7) is 0.658. The zero-order valence-corrected chi connectivity index (χ0v) is 14.2. The van der Waals surface area contributed by atoms with Crippen LogP contribution >= 0.6 is 22.7 Å². The highest BCUT2D eigenvalue weighted by molar-refractivity contribution is 7.20. The zero-order valence-electron chi connectivity index (χ0n) is 12.5. The third kappa shape index (κ3) is 3.01. The molecule has 2 aromatic rings. The number of likely N-dealkylation sites (tertiary alicyclic amines) is 1. The van der Waals surface area contributed by atoms with Gasteiger partial charge in [0.05, 0.1) is 11.5 Å². The molecular formula is C15H16N2O4S2. The molecule has 6 nitrogen and oxygen atoms in total. The first-order valence-electron chi connectivity index (χ1n) is 7.07. The van der Waals surface area contributed by atoms with Crippen molar-refractivity contribution in [2.45, 2.75) is 6.42 Å². The molecule has 0 bridgehead atoms. The van der Waals surface area contributed by atoms with Crippen LogP contribution < -0.4 is 0 Å². The van der Waals surface area contributed by atoms with Crippen LogP contribution in [0, 0.1) is 5.41 Å². The average Bonchev–Trinajstić information content (AvgIpc) is 3.27. The molecule has 2 aromatic heterocycles. The molecule has 1 amide bonds. The van der Waals surface area contributed by atoms with Crippen molar-refractivity contribution in [2.24, 2.45) is 5.41 Å². The first kappa shape index (κ1) is 16.1. The number of thiophene rings is 1. The van der Waals surface area contributed by atoms with Gasteiger partial charge in [-0.15, -0.1) is 22.7 Å². The van der Waals surface area contributed by atoms with Crippen LogP contribution in [0.1, 0.15) is 16.9 Å². The number of aromatic nitrogens is 1. The SMILES string of the molecule is COCC1(C(=O)O)CCN(C(=O)c2csc(-c3cccs3)n2)C1. The number of carbonyl (C=O) groups excluding carboxylic acids is 1. The minimum Gasteiger partial charge on any atom is -0.481 e. The van der Waals surface area contributed by atoms with Crippen molar-refractivity contribution in [1.82, 2.24) is 9.88 Å². The Morgan fingerprint density at radius 3 is 2.96 bits per heavy atom. The van der Waals surface area contributed by atoms with E-state index in [2.05, 4.69) is 4.98 Å².